The monoisotopic (exact) mass is 290 g/mol. The lowest BCUT2D eigenvalue weighted by Crippen LogP contribution is -2.45. The lowest BCUT2D eigenvalue weighted by molar-refractivity contribution is 0.0635. The molecule has 1 saturated carbocycles. The molecule has 1 aliphatic rings. The van der Waals surface area contributed by atoms with Crippen LogP contribution in [0.3, 0.4) is 0 Å². The van der Waals surface area contributed by atoms with Gasteiger partial charge in [-0.2, -0.15) is 0 Å². The van der Waals surface area contributed by atoms with E-state index in [4.69, 9.17) is 10.5 Å². The van der Waals surface area contributed by atoms with E-state index in [9.17, 15) is 4.79 Å². The van der Waals surface area contributed by atoms with Gasteiger partial charge in [-0.05, 0) is 59.1 Å². The quantitative estimate of drug-likeness (QED) is 0.890. The molecule has 0 bridgehead atoms. The first-order chi connectivity index (χ1) is 9.55. The molecule has 1 aromatic rings. The van der Waals surface area contributed by atoms with Crippen molar-refractivity contribution in [2.75, 3.05) is 5.32 Å². The van der Waals surface area contributed by atoms with E-state index < -0.39 is 11.7 Å². The highest BCUT2D eigenvalue weighted by Gasteiger charge is 2.54. The summed E-state index contributed by atoms with van der Waals surface area (Å²) in [7, 11) is 0. The van der Waals surface area contributed by atoms with Crippen LogP contribution in [0.15, 0.2) is 24.3 Å². The topological polar surface area (TPSA) is 64.3 Å². The molecular weight excluding hydrogens is 264 g/mol. The van der Waals surface area contributed by atoms with Crippen LogP contribution in [-0.4, -0.2) is 17.2 Å². The van der Waals surface area contributed by atoms with Crippen LogP contribution < -0.4 is 11.1 Å². The minimum absolute atomic E-state index is 0.0569. The molecule has 0 spiro atoms. The summed E-state index contributed by atoms with van der Waals surface area (Å²) in [6, 6.07) is 7.86. The molecule has 0 saturated heterocycles. The van der Waals surface area contributed by atoms with Crippen LogP contribution in [0.4, 0.5) is 10.5 Å². The second kappa shape index (κ2) is 5.02. The molecule has 0 radical (unpaired) electrons. The first kappa shape index (κ1) is 15.8. The summed E-state index contributed by atoms with van der Waals surface area (Å²) in [5, 5.41) is 2.87. The number of carbonyl (C=O) groups is 1. The van der Waals surface area contributed by atoms with E-state index in [0.29, 0.717) is 0 Å². The molecule has 4 nitrogen and oxygen atoms in total. The molecule has 1 aromatic carbocycles. The fourth-order valence-electron chi connectivity index (χ4n) is 2.81. The highest BCUT2D eigenvalue weighted by molar-refractivity contribution is 5.86. The van der Waals surface area contributed by atoms with Gasteiger partial charge in [0.2, 0.25) is 0 Å². The maximum Gasteiger partial charge on any atom is 0.412 e. The third-order valence-electron chi connectivity index (χ3n) is 4.06. The van der Waals surface area contributed by atoms with Gasteiger partial charge in [-0.15, -0.1) is 0 Å². The van der Waals surface area contributed by atoms with Crippen molar-refractivity contribution in [2.24, 2.45) is 5.73 Å². The summed E-state index contributed by atoms with van der Waals surface area (Å²) >= 11 is 0. The number of benzene rings is 1. The van der Waals surface area contributed by atoms with Crippen molar-refractivity contribution in [3.63, 3.8) is 0 Å². The van der Waals surface area contributed by atoms with Gasteiger partial charge in [-0.25, -0.2) is 4.79 Å². The Hall–Kier alpha value is -1.55. The van der Waals surface area contributed by atoms with Crippen LogP contribution in [-0.2, 0) is 10.2 Å². The Morgan fingerprint density at radius 2 is 1.76 bits per heavy atom. The molecule has 0 aliphatic heterocycles. The van der Waals surface area contributed by atoms with Crippen molar-refractivity contribution < 1.29 is 9.53 Å². The number of rotatable bonds is 3. The van der Waals surface area contributed by atoms with E-state index in [1.165, 1.54) is 0 Å². The molecule has 3 N–H and O–H groups in total. The number of anilines is 1. The van der Waals surface area contributed by atoms with Crippen LogP contribution in [0.2, 0.25) is 0 Å². The number of hydrogen-bond donors (Lipinski definition) is 2. The summed E-state index contributed by atoms with van der Waals surface area (Å²) in [6.45, 7) is 9.64. The maximum atomic E-state index is 12.0. The summed E-state index contributed by atoms with van der Waals surface area (Å²) < 4.78 is 5.33. The Labute approximate surface area is 127 Å². The van der Waals surface area contributed by atoms with Crippen molar-refractivity contribution in [2.45, 2.75) is 64.0 Å². The van der Waals surface area contributed by atoms with Gasteiger partial charge >= 0.3 is 6.09 Å². The Kier molecular flexibility index (Phi) is 3.79. The summed E-state index contributed by atoms with van der Waals surface area (Å²) in [5.74, 6) is 0. The first-order valence-corrected chi connectivity index (χ1v) is 7.44. The minimum atomic E-state index is -0.510. The molecule has 0 heterocycles. The van der Waals surface area contributed by atoms with E-state index >= 15 is 0 Å². The van der Waals surface area contributed by atoms with Crippen molar-refractivity contribution >= 4 is 11.8 Å². The predicted molar refractivity (Wildman–Crippen MR) is 85.5 cm³/mol. The molecule has 0 atom stereocenters. The lowest BCUT2D eigenvalue weighted by Gasteiger charge is -2.33. The molecule has 2 rings (SSSR count). The van der Waals surface area contributed by atoms with Gasteiger partial charge in [0.1, 0.15) is 5.60 Å². The molecular formula is C17H26N2O2. The third-order valence-corrected chi connectivity index (χ3v) is 4.06. The average molecular weight is 290 g/mol. The second-order valence-corrected chi connectivity index (χ2v) is 7.48. The number of para-hydroxylation sites is 1. The largest absolute Gasteiger partial charge is 0.444 e. The third kappa shape index (κ3) is 3.38. The highest BCUT2D eigenvalue weighted by atomic mass is 16.6. The van der Waals surface area contributed by atoms with E-state index in [-0.39, 0.29) is 11.0 Å². The number of hydrogen-bond acceptors (Lipinski definition) is 3. The lowest BCUT2D eigenvalue weighted by atomic mass is 9.78. The van der Waals surface area contributed by atoms with Gasteiger partial charge < -0.3 is 10.5 Å². The summed E-state index contributed by atoms with van der Waals surface area (Å²) in [6.07, 6.45) is 1.66. The second-order valence-electron chi connectivity index (χ2n) is 7.48. The SMILES string of the molecule is CC(C)(C)OC(=O)Nc1ccccc1C1(C(C)(C)N)CC1. The molecule has 0 unspecified atom stereocenters. The molecule has 1 amide bonds. The molecule has 1 fully saturated rings. The fraction of sp³-hybridized carbons (Fsp3) is 0.588. The Morgan fingerprint density at radius 3 is 2.24 bits per heavy atom. The normalized spacial score (nSPS) is 17.2. The Balaban J connectivity index is 2.25. The van der Waals surface area contributed by atoms with Gasteiger partial charge in [-0.1, -0.05) is 18.2 Å². The zero-order chi connectivity index (χ0) is 15.9. The van der Waals surface area contributed by atoms with Gasteiger partial charge in [-0.3, -0.25) is 5.32 Å². The summed E-state index contributed by atoms with van der Waals surface area (Å²) in [4.78, 5) is 12.0. The minimum Gasteiger partial charge on any atom is -0.444 e. The molecule has 116 valence electrons. The van der Waals surface area contributed by atoms with Gasteiger partial charge in [0, 0.05) is 16.6 Å². The van der Waals surface area contributed by atoms with Crippen molar-refractivity contribution in [3.05, 3.63) is 29.8 Å². The van der Waals surface area contributed by atoms with Crippen LogP contribution in [0.25, 0.3) is 0 Å². The van der Waals surface area contributed by atoms with Crippen LogP contribution >= 0.6 is 0 Å². The first-order valence-electron chi connectivity index (χ1n) is 7.44. The smallest absolute Gasteiger partial charge is 0.412 e. The molecule has 0 aromatic heterocycles. The molecule has 4 heteroatoms. The van der Waals surface area contributed by atoms with Crippen LogP contribution in [0, 0.1) is 0 Å². The van der Waals surface area contributed by atoms with Gasteiger partial charge in [0.25, 0.3) is 0 Å². The standard InChI is InChI=1S/C17H26N2O2/c1-15(2,3)21-14(20)19-13-9-7-6-8-12(13)17(10-11-17)16(4,5)18/h6-9H,10-11,18H2,1-5H3,(H,19,20). The summed E-state index contributed by atoms with van der Waals surface area (Å²) in [5.41, 5.74) is 7.37. The van der Waals surface area contributed by atoms with Crippen LogP contribution in [0.5, 0.6) is 0 Å². The number of ether oxygens (including phenoxy) is 1. The Morgan fingerprint density at radius 1 is 1.19 bits per heavy atom. The van der Waals surface area contributed by atoms with E-state index in [2.05, 4.69) is 5.32 Å². The Bertz CT molecular complexity index is 534. The zero-order valence-corrected chi connectivity index (χ0v) is 13.6. The fourth-order valence-corrected chi connectivity index (χ4v) is 2.81. The maximum absolute atomic E-state index is 12.0. The van der Waals surface area contributed by atoms with Crippen LogP contribution in [0.1, 0.15) is 53.0 Å². The van der Waals surface area contributed by atoms with Gasteiger partial charge in [0.05, 0.1) is 0 Å². The van der Waals surface area contributed by atoms with Crippen molar-refractivity contribution in [1.29, 1.82) is 0 Å². The zero-order valence-electron chi connectivity index (χ0n) is 13.6. The van der Waals surface area contributed by atoms with E-state index in [0.717, 1.165) is 24.1 Å². The number of nitrogens with one attached hydrogen (secondary N) is 1. The molecule has 21 heavy (non-hydrogen) atoms. The predicted octanol–water partition coefficient (Wildman–Crippen LogP) is 3.80. The number of carbonyl (C=O) groups excluding carboxylic acids is 1. The highest BCUT2D eigenvalue weighted by Crippen LogP contribution is 2.56. The molecule has 1 aliphatic carbocycles. The van der Waals surface area contributed by atoms with Gasteiger partial charge in [0.15, 0.2) is 0 Å². The number of amides is 1. The van der Waals surface area contributed by atoms with Crippen molar-refractivity contribution in [3.8, 4) is 0 Å². The van der Waals surface area contributed by atoms with E-state index in [1.54, 1.807) is 0 Å². The average Bonchev–Trinajstić information content (AvgIpc) is 3.07. The van der Waals surface area contributed by atoms with Crippen molar-refractivity contribution in [1.82, 2.24) is 0 Å². The number of nitrogens with two attached hydrogens (primary N) is 1. The van der Waals surface area contributed by atoms with E-state index in [1.807, 2.05) is 58.9 Å².